The summed E-state index contributed by atoms with van der Waals surface area (Å²) in [6.07, 6.45) is 11.2. The number of benzene rings is 1. The third-order valence-electron chi connectivity index (χ3n) is 7.45. The normalized spacial score (nSPS) is 19.5. The van der Waals surface area contributed by atoms with Crippen LogP contribution in [0.15, 0.2) is 24.3 Å². The van der Waals surface area contributed by atoms with Crippen molar-refractivity contribution in [1.82, 2.24) is 10.2 Å². The van der Waals surface area contributed by atoms with E-state index < -0.39 is 11.9 Å². The number of anilines is 1. The van der Waals surface area contributed by atoms with Gasteiger partial charge in [0.2, 0.25) is 5.91 Å². The molecule has 0 aliphatic carbocycles. The van der Waals surface area contributed by atoms with Crippen LogP contribution in [0.5, 0.6) is 5.75 Å². The lowest BCUT2D eigenvalue weighted by atomic mass is 9.81. The molecule has 0 saturated carbocycles. The minimum Gasteiger partial charge on any atom is -0.496 e. The molecule has 2 aliphatic heterocycles. The number of hydrogen-bond donors (Lipinski definition) is 4. The Bertz CT molecular complexity index is 1140. The Morgan fingerprint density at radius 3 is 2.12 bits per heavy atom. The standard InChI is InChI=1S/C26H38ClN3O5.C4H4O4/c1-17(31)28-23-16-24(34-2)21(15-22(23)27)26(33)29-18-13-19-9-8-10-20(14-18)30(19)12-7-5-4-6-11-25(32)35-3;5-3(6)1-2-4(7)8/h15-16,18-20H,4-14H2,1-3H3,(H,28,31)(H,29,33);1-2H,(H,5,6)(H,7,8)/b;2-1+. The number of hydrogen-bond acceptors (Lipinski definition) is 8. The number of carbonyl (C=O) groups excluding carboxylic acids is 3. The van der Waals surface area contributed by atoms with Crippen molar-refractivity contribution in [3.63, 3.8) is 0 Å². The highest BCUT2D eigenvalue weighted by molar-refractivity contribution is 6.34. The predicted octanol–water partition coefficient (Wildman–Crippen LogP) is 4.26. The number of nitrogens with one attached hydrogen (secondary N) is 2. The fraction of sp³-hybridized carbons (Fsp3) is 0.567. The molecule has 2 atom stereocenters. The minimum absolute atomic E-state index is 0.104. The van der Waals surface area contributed by atoms with E-state index in [9.17, 15) is 24.0 Å². The van der Waals surface area contributed by atoms with Gasteiger partial charge < -0.3 is 30.3 Å². The summed E-state index contributed by atoms with van der Waals surface area (Å²) in [5, 5.41) is 21.8. The van der Waals surface area contributed by atoms with Crippen LogP contribution in [-0.4, -0.2) is 83.7 Å². The summed E-state index contributed by atoms with van der Waals surface area (Å²) >= 11 is 6.31. The van der Waals surface area contributed by atoms with Crippen molar-refractivity contribution in [2.75, 3.05) is 26.1 Å². The first-order chi connectivity index (χ1) is 20.4. The summed E-state index contributed by atoms with van der Waals surface area (Å²) in [6.45, 7) is 2.47. The van der Waals surface area contributed by atoms with E-state index in [1.165, 1.54) is 27.6 Å². The van der Waals surface area contributed by atoms with Crippen LogP contribution in [0.25, 0.3) is 0 Å². The molecule has 12 nitrogen and oxygen atoms in total. The van der Waals surface area contributed by atoms with Crippen LogP contribution in [0, 0.1) is 0 Å². The zero-order valence-electron chi connectivity index (χ0n) is 24.9. The molecular formula is C30H42ClN3O9. The van der Waals surface area contributed by atoms with Crippen molar-refractivity contribution >= 4 is 47.0 Å². The lowest BCUT2D eigenvalue weighted by molar-refractivity contribution is -0.140. The lowest BCUT2D eigenvalue weighted by Gasteiger charge is -2.49. The summed E-state index contributed by atoms with van der Waals surface area (Å²) < 4.78 is 10.1. The molecule has 2 heterocycles. The quantitative estimate of drug-likeness (QED) is 0.141. The van der Waals surface area contributed by atoms with Gasteiger partial charge in [-0.15, -0.1) is 0 Å². The molecule has 238 valence electrons. The van der Waals surface area contributed by atoms with Gasteiger partial charge in [0.05, 0.1) is 30.5 Å². The van der Waals surface area contributed by atoms with Crippen LogP contribution in [-0.2, 0) is 23.9 Å². The van der Waals surface area contributed by atoms with Gasteiger partial charge in [0, 0.05) is 49.7 Å². The van der Waals surface area contributed by atoms with Crippen LogP contribution >= 0.6 is 11.6 Å². The summed E-state index contributed by atoms with van der Waals surface area (Å²) in [5.41, 5.74) is 0.784. The van der Waals surface area contributed by atoms with Crippen LogP contribution in [0.1, 0.15) is 81.5 Å². The fourth-order valence-electron chi connectivity index (χ4n) is 5.57. The van der Waals surface area contributed by atoms with Gasteiger partial charge in [0.15, 0.2) is 0 Å². The molecule has 2 aliphatic rings. The smallest absolute Gasteiger partial charge is 0.328 e. The fourth-order valence-corrected chi connectivity index (χ4v) is 5.78. The Hall–Kier alpha value is -3.64. The number of carbonyl (C=O) groups is 5. The van der Waals surface area contributed by atoms with Crippen LogP contribution in [0.4, 0.5) is 5.69 Å². The Labute approximate surface area is 256 Å². The van der Waals surface area contributed by atoms with E-state index in [2.05, 4.69) is 15.5 Å². The van der Waals surface area contributed by atoms with E-state index in [4.69, 9.17) is 31.3 Å². The number of aliphatic carboxylic acids is 2. The van der Waals surface area contributed by atoms with Gasteiger partial charge in [-0.2, -0.15) is 0 Å². The molecule has 2 amide bonds. The highest BCUT2D eigenvalue weighted by atomic mass is 35.5. The molecule has 2 saturated heterocycles. The van der Waals surface area contributed by atoms with E-state index in [1.807, 2.05) is 0 Å². The first-order valence-corrected chi connectivity index (χ1v) is 14.7. The zero-order chi connectivity index (χ0) is 31.9. The zero-order valence-corrected chi connectivity index (χ0v) is 25.7. The number of carboxylic acid groups (broad SMARTS) is 2. The van der Waals surface area contributed by atoms with Gasteiger partial charge in [-0.05, 0) is 51.1 Å². The topological polar surface area (TPSA) is 172 Å². The van der Waals surface area contributed by atoms with Crippen LogP contribution < -0.4 is 15.4 Å². The van der Waals surface area contributed by atoms with E-state index >= 15 is 0 Å². The van der Waals surface area contributed by atoms with E-state index in [0.29, 0.717) is 52.7 Å². The molecule has 0 radical (unpaired) electrons. The first kappa shape index (κ1) is 35.6. The Morgan fingerprint density at radius 2 is 1.58 bits per heavy atom. The average Bonchev–Trinajstić information content (AvgIpc) is 2.94. The average molecular weight is 624 g/mol. The summed E-state index contributed by atoms with van der Waals surface area (Å²) in [5.74, 6) is -2.72. The number of carboxylic acids is 2. The predicted molar refractivity (Wildman–Crippen MR) is 160 cm³/mol. The molecule has 2 fully saturated rings. The molecule has 0 aromatic heterocycles. The Balaban J connectivity index is 0.000000708. The number of unbranched alkanes of at least 4 members (excludes halogenated alkanes) is 3. The molecule has 2 unspecified atom stereocenters. The molecule has 13 heteroatoms. The monoisotopic (exact) mass is 623 g/mol. The van der Waals surface area contributed by atoms with Gasteiger partial charge in [0.1, 0.15) is 5.75 Å². The van der Waals surface area contributed by atoms with Gasteiger partial charge in [-0.25, -0.2) is 9.59 Å². The van der Waals surface area contributed by atoms with Gasteiger partial charge in [-0.3, -0.25) is 19.3 Å². The van der Waals surface area contributed by atoms with Crippen LogP contribution in [0.3, 0.4) is 0 Å². The highest BCUT2D eigenvalue weighted by Gasteiger charge is 2.38. The van der Waals surface area contributed by atoms with Gasteiger partial charge >= 0.3 is 17.9 Å². The maximum Gasteiger partial charge on any atom is 0.328 e. The molecule has 1 aromatic carbocycles. The maximum atomic E-state index is 13.1. The van der Waals surface area contributed by atoms with Crippen molar-refractivity contribution < 1.29 is 43.7 Å². The largest absolute Gasteiger partial charge is 0.496 e. The summed E-state index contributed by atoms with van der Waals surface area (Å²) in [6, 6.07) is 4.21. The minimum atomic E-state index is -1.26. The highest BCUT2D eigenvalue weighted by Crippen LogP contribution is 2.35. The number of amides is 2. The molecule has 43 heavy (non-hydrogen) atoms. The molecular weight excluding hydrogens is 582 g/mol. The van der Waals surface area contributed by atoms with E-state index in [-0.39, 0.29) is 23.8 Å². The van der Waals surface area contributed by atoms with Gasteiger partial charge in [0.25, 0.3) is 5.91 Å². The second kappa shape index (κ2) is 18.1. The molecule has 0 spiro atoms. The number of nitrogens with zero attached hydrogens (tertiary/aromatic N) is 1. The first-order valence-electron chi connectivity index (χ1n) is 14.4. The SMILES string of the molecule is COC(=O)CCCCCCN1C2CCCC1CC(NC(=O)c1cc(Cl)c(NC(C)=O)cc1OC)C2.O=C(O)/C=C/C(=O)O. The van der Waals surface area contributed by atoms with Crippen molar-refractivity contribution in [3.05, 3.63) is 34.9 Å². The number of rotatable bonds is 13. The van der Waals surface area contributed by atoms with Gasteiger partial charge in [-0.1, -0.05) is 30.9 Å². The maximum absolute atomic E-state index is 13.1. The van der Waals surface area contributed by atoms with Crippen molar-refractivity contribution in [2.45, 2.75) is 89.3 Å². The number of piperidine rings is 2. The van der Waals surface area contributed by atoms with Crippen molar-refractivity contribution in [1.29, 1.82) is 0 Å². The Morgan fingerprint density at radius 1 is 0.977 bits per heavy atom. The number of fused-ring (bicyclic) bond motifs is 2. The Kier molecular flexibility index (Phi) is 15.0. The number of halogens is 1. The second-order valence-electron chi connectivity index (χ2n) is 10.6. The summed E-state index contributed by atoms with van der Waals surface area (Å²) in [7, 11) is 2.93. The second-order valence-corrected chi connectivity index (χ2v) is 11.0. The third kappa shape index (κ3) is 12.2. The van der Waals surface area contributed by atoms with E-state index in [0.717, 1.165) is 57.9 Å². The lowest BCUT2D eigenvalue weighted by Crippen LogP contribution is -2.57. The van der Waals surface area contributed by atoms with E-state index in [1.54, 1.807) is 12.1 Å². The molecule has 4 N–H and O–H groups in total. The number of methoxy groups -OCH3 is 2. The van der Waals surface area contributed by atoms with Crippen LogP contribution in [0.2, 0.25) is 5.02 Å². The van der Waals surface area contributed by atoms with Crippen molar-refractivity contribution in [3.8, 4) is 5.75 Å². The van der Waals surface area contributed by atoms with Crippen molar-refractivity contribution in [2.24, 2.45) is 0 Å². The number of esters is 1. The molecule has 1 aromatic rings. The molecule has 2 bridgehead atoms. The molecule has 3 rings (SSSR count). The summed E-state index contributed by atoms with van der Waals surface area (Å²) in [4.78, 5) is 57.5. The third-order valence-corrected chi connectivity index (χ3v) is 7.76. The number of ether oxygens (including phenoxy) is 2.